The number of aryl methyl sites for hydroxylation is 1. The largest absolute Gasteiger partial charge is 0.305 e. The van der Waals surface area contributed by atoms with Crippen LogP contribution in [0.3, 0.4) is 0 Å². The molecule has 0 aliphatic heterocycles. The van der Waals surface area contributed by atoms with Crippen LogP contribution < -0.4 is 5.32 Å². The van der Waals surface area contributed by atoms with E-state index in [1.54, 1.807) is 11.3 Å². The van der Waals surface area contributed by atoms with E-state index in [0.717, 1.165) is 17.5 Å². The minimum absolute atomic E-state index is 0.238. The minimum Gasteiger partial charge on any atom is -0.305 e. The molecule has 1 aliphatic carbocycles. The van der Waals surface area contributed by atoms with Crippen molar-refractivity contribution in [3.05, 3.63) is 51.5 Å². The Hall–Kier alpha value is -1.19. The van der Waals surface area contributed by atoms with Crippen molar-refractivity contribution in [3.8, 4) is 0 Å². The average molecular weight is 286 g/mol. The molecule has 0 radical (unpaired) electrons. The average Bonchev–Trinajstić information content (AvgIpc) is 2.81. The number of aromatic nitrogens is 1. The maximum atomic E-state index is 4.71. The van der Waals surface area contributed by atoms with Crippen molar-refractivity contribution in [2.45, 2.75) is 45.1 Å². The van der Waals surface area contributed by atoms with Gasteiger partial charge in [0.2, 0.25) is 0 Å². The first-order chi connectivity index (χ1) is 9.79. The molecule has 2 aromatic rings. The molecular formula is C17H22N2S. The third kappa shape index (κ3) is 2.65. The molecule has 0 bridgehead atoms. The molecule has 1 fully saturated rings. The van der Waals surface area contributed by atoms with Crippen molar-refractivity contribution >= 4 is 11.3 Å². The van der Waals surface area contributed by atoms with E-state index >= 15 is 0 Å². The Bertz CT molecular complexity index is 572. The molecule has 1 atom stereocenters. The summed E-state index contributed by atoms with van der Waals surface area (Å²) < 4.78 is 0. The zero-order valence-electron chi connectivity index (χ0n) is 12.2. The molecule has 2 nitrogen and oxygen atoms in total. The van der Waals surface area contributed by atoms with Gasteiger partial charge in [0.25, 0.3) is 0 Å². The Morgan fingerprint density at radius 3 is 2.75 bits per heavy atom. The molecule has 3 heteroatoms. The molecule has 1 aromatic carbocycles. The van der Waals surface area contributed by atoms with Crippen LogP contribution in [0.1, 0.15) is 60.0 Å². The summed E-state index contributed by atoms with van der Waals surface area (Å²) in [4.78, 5) is 4.71. The van der Waals surface area contributed by atoms with E-state index in [1.807, 2.05) is 0 Å². The first-order valence-corrected chi connectivity index (χ1v) is 8.41. The predicted octanol–water partition coefficient (Wildman–Crippen LogP) is 4.42. The Morgan fingerprint density at radius 1 is 1.35 bits per heavy atom. The molecule has 1 aliphatic rings. The van der Waals surface area contributed by atoms with Gasteiger partial charge in [-0.15, -0.1) is 11.3 Å². The highest BCUT2D eigenvalue weighted by Crippen LogP contribution is 2.40. The zero-order valence-corrected chi connectivity index (χ0v) is 13.0. The molecule has 1 N–H and O–H groups in total. The molecular weight excluding hydrogens is 264 g/mol. The lowest BCUT2D eigenvalue weighted by Gasteiger charge is -2.30. The van der Waals surface area contributed by atoms with Gasteiger partial charge in [0.15, 0.2) is 0 Å². The van der Waals surface area contributed by atoms with Crippen molar-refractivity contribution in [2.75, 3.05) is 6.54 Å². The van der Waals surface area contributed by atoms with Crippen molar-refractivity contribution < 1.29 is 0 Å². The summed E-state index contributed by atoms with van der Waals surface area (Å²) in [7, 11) is 0. The molecule has 20 heavy (non-hydrogen) atoms. The number of rotatable bonds is 5. The second-order valence-electron chi connectivity index (χ2n) is 5.54. The highest BCUT2D eigenvalue weighted by molar-refractivity contribution is 7.09. The topological polar surface area (TPSA) is 24.9 Å². The van der Waals surface area contributed by atoms with Gasteiger partial charge < -0.3 is 5.32 Å². The van der Waals surface area contributed by atoms with Crippen LogP contribution in [0.2, 0.25) is 0 Å². The summed E-state index contributed by atoms with van der Waals surface area (Å²) in [5.41, 5.74) is 4.11. The van der Waals surface area contributed by atoms with Crippen molar-refractivity contribution in [1.82, 2.24) is 10.3 Å². The summed E-state index contributed by atoms with van der Waals surface area (Å²) in [6, 6.07) is 9.15. The molecule has 0 saturated heterocycles. The fraction of sp³-hybridized carbons (Fsp3) is 0.471. The van der Waals surface area contributed by atoms with Crippen LogP contribution in [-0.2, 0) is 0 Å². The van der Waals surface area contributed by atoms with Crippen molar-refractivity contribution in [1.29, 1.82) is 0 Å². The van der Waals surface area contributed by atoms with Gasteiger partial charge in [-0.2, -0.15) is 0 Å². The van der Waals surface area contributed by atoms with Gasteiger partial charge in [0.05, 0.1) is 16.7 Å². The van der Waals surface area contributed by atoms with Gasteiger partial charge in [-0.25, -0.2) is 4.98 Å². The second-order valence-corrected chi connectivity index (χ2v) is 6.60. The van der Waals surface area contributed by atoms with Gasteiger partial charge in [-0.05, 0) is 43.4 Å². The van der Waals surface area contributed by atoms with Crippen LogP contribution in [-0.4, -0.2) is 11.5 Å². The van der Waals surface area contributed by atoms with E-state index in [0.29, 0.717) is 0 Å². The summed E-state index contributed by atoms with van der Waals surface area (Å²) in [5, 5.41) is 6.95. The SMILES string of the molecule is CCNC(c1csc(C)n1)c1ccccc1C1CCC1. The lowest BCUT2D eigenvalue weighted by molar-refractivity contribution is 0.414. The number of hydrogen-bond acceptors (Lipinski definition) is 3. The first-order valence-electron chi connectivity index (χ1n) is 7.53. The lowest BCUT2D eigenvalue weighted by Crippen LogP contribution is -2.25. The maximum Gasteiger partial charge on any atom is 0.0898 e. The maximum absolute atomic E-state index is 4.71. The van der Waals surface area contributed by atoms with Crippen LogP contribution in [0.25, 0.3) is 0 Å². The van der Waals surface area contributed by atoms with Crippen LogP contribution in [0.5, 0.6) is 0 Å². The normalized spacial score (nSPS) is 16.9. The van der Waals surface area contributed by atoms with Crippen LogP contribution in [0.15, 0.2) is 29.6 Å². The van der Waals surface area contributed by atoms with Crippen LogP contribution in [0.4, 0.5) is 0 Å². The predicted molar refractivity (Wildman–Crippen MR) is 85.4 cm³/mol. The minimum atomic E-state index is 0.238. The molecule has 1 heterocycles. The summed E-state index contributed by atoms with van der Waals surface area (Å²) >= 11 is 1.74. The fourth-order valence-electron chi connectivity index (χ4n) is 2.96. The standard InChI is InChI=1S/C17H22N2S/c1-3-18-17(16-11-20-12(2)19-16)15-10-5-4-9-14(15)13-7-6-8-13/h4-5,9-11,13,17-18H,3,6-8H2,1-2H3. The van der Waals surface area contributed by atoms with E-state index in [4.69, 9.17) is 4.98 Å². The quantitative estimate of drug-likeness (QED) is 0.880. The third-order valence-electron chi connectivity index (χ3n) is 4.19. The van der Waals surface area contributed by atoms with E-state index in [9.17, 15) is 0 Å². The molecule has 1 unspecified atom stereocenters. The van der Waals surface area contributed by atoms with E-state index in [2.05, 4.69) is 48.8 Å². The molecule has 106 valence electrons. The molecule has 3 rings (SSSR count). The van der Waals surface area contributed by atoms with Gasteiger partial charge >= 0.3 is 0 Å². The monoisotopic (exact) mass is 286 g/mol. The number of nitrogens with one attached hydrogen (secondary N) is 1. The highest BCUT2D eigenvalue weighted by Gasteiger charge is 2.26. The number of nitrogens with zero attached hydrogens (tertiary/aromatic N) is 1. The van der Waals surface area contributed by atoms with Crippen LogP contribution in [0, 0.1) is 6.92 Å². The number of thiazole rings is 1. The van der Waals surface area contributed by atoms with E-state index < -0.39 is 0 Å². The smallest absolute Gasteiger partial charge is 0.0898 e. The summed E-state index contributed by atoms with van der Waals surface area (Å²) in [6.07, 6.45) is 4.05. The Morgan fingerprint density at radius 2 is 2.15 bits per heavy atom. The second kappa shape index (κ2) is 6.06. The van der Waals surface area contributed by atoms with Crippen molar-refractivity contribution in [3.63, 3.8) is 0 Å². The van der Waals surface area contributed by atoms with Crippen molar-refractivity contribution in [2.24, 2.45) is 0 Å². The zero-order chi connectivity index (χ0) is 13.9. The molecule has 0 amide bonds. The Labute approximate surface area is 125 Å². The molecule has 1 aromatic heterocycles. The Balaban J connectivity index is 1.98. The van der Waals surface area contributed by atoms with Crippen LogP contribution >= 0.6 is 11.3 Å². The lowest BCUT2D eigenvalue weighted by atomic mass is 9.77. The Kier molecular flexibility index (Phi) is 4.18. The fourth-order valence-corrected chi connectivity index (χ4v) is 3.59. The third-order valence-corrected chi connectivity index (χ3v) is 4.98. The van der Waals surface area contributed by atoms with Gasteiger partial charge in [-0.3, -0.25) is 0 Å². The van der Waals surface area contributed by atoms with Gasteiger partial charge in [0.1, 0.15) is 0 Å². The molecule has 1 saturated carbocycles. The number of hydrogen-bond donors (Lipinski definition) is 1. The molecule has 0 spiro atoms. The highest BCUT2D eigenvalue weighted by atomic mass is 32.1. The number of benzene rings is 1. The van der Waals surface area contributed by atoms with Gasteiger partial charge in [0, 0.05) is 5.38 Å². The van der Waals surface area contributed by atoms with Gasteiger partial charge in [-0.1, -0.05) is 37.6 Å². The first kappa shape index (κ1) is 13.8. The van der Waals surface area contributed by atoms with E-state index in [-0.39, 0.29) is 6.04 Å². The van der Waals surface area contributed by atoms with E-state index in [1.165, 1.54) is 36.1 Å². The summed E-state index contributed by atoms with van der Waals surface area (Å²) in [6.45, 7) is 5.20. The summed E-state index contributed by atoms with van der Waals surface area (Å²) in [5.74, 6) is 0.757.